The van der Waals surface area contributed by atoms with Crippen molar-refractivity contribution in [3.8, 4) is 5.82 Å². The summed E-state index contributed by atoms with van der Waals surface area (Å²) in [5, 5.41) is 19.7. The first-order chi connectivity index (χ1) is 16.6. The van der Waals surface area contributed by atoms with Crippen molar-refractivity contribution in [2.75, 3.05) is 17.2 Å². The molecule has 12 heteroatoms. The number of anilines is 2. The number of para-hydroxylation sites is 1. The summed E-state index contributed by atoms with van der Waals surface area (Å²) in [7, 11) is 0. The maximum Gasteiger partial charge on any atom is 0.293 e. The van der Waals surface area contributed by atoms with Crippen LogP contribution in [-0.2, 0) is 13.0 Å². The Morgan fingerprint density at radius 2 is 2.12 bits per heavy atom. The minimum Gasteiger partial charge on any atom is -0.378 e. The fourth-order valence-electron chi connectivity index (χ4n) is 3.89. The van der Waals surface area contributed by atoms with E-state index in [1.807, 2.05) is 36.4 Å². The zero-order valence-electron chi connectivity index (χ0n) is 17.9. The third-order valence-electron chi connectivity index (χ3n) is 5.45. The molecule has 0 bridgehead atoms. The van der Waals surface area contributed by atoms with Gasteiger partial charge in [0, 0.05) is 16.7 Å². The molecule has 3 heterocycles. The Hall–Kier alpha value is -4.06. The van der Waals surface area contributed by atoms with Crippen LogP contribution in [0.2, 0.25) is 0 Å². The summed E-state index contributed by atoms with van der Waals surface area (Å²) in [6, 6.07) is 15.7. The standard InChI is InChI=1S/C22H20BrN9O2/c23-16-8-3-5-14(11-16)12-25-27-22(33)19-18(32(30-26-19)21-20(24)28-34-29-21)13-31-10-4-7-15-6-1-2-9-17(15)31/h1-3,5-6,8-9,11-12H,4,7,10,13H2,(H2,24,28)(H,27,33)/b25-12-. The molecule has 0 spiro atoms. The highest BCUT2D eigenvalue weighted by Crippen LogP contribution is 2.29. The van der Waals surface area contributed by atoms with E-state index in [1.54, 1.807) is 6.21 Å². The number of nitrogens with one attached hydrogen (secondary N) is 1. The molecule has 11 nitrogen and oxygen atoms in total. The fraction of sp³-hybridized carbons (Fsp3) is 0.182. The van der Waals surface area contributed by atoms with Gasteiger partial charge >= 0.3 is 0 Å². The lowest BCUT2D eigenvalue weighted by Gasteiger charge is -2.31. The quantitative estimate of drug-likeness (QED) is 0.291. The second kappa shape index (κ2) is 9.43. The number of rotatable bonds is 6. The number of fused-ring (bicyclic) bond motifs is 1. The van der Waals surface area contributed by atoms with Crippen molar-refractivity contribution in [3.05, 3.63) is 75.5 Å². The van der Waals surface area contributed by atoms with Crippen molar-refractivity contribution in [2.45, 2.75) is 19.4 Å². The number of hydrogen-bond acceptors (Lipinski definition) is 9. The van der Waals surface area contributed by atoms with E-state index in [1.165, 1.54) is 10.2 Å². The molecule has 3 N–H and O–H groups in total. The van der Waals surface area contributed by atoms with E-state index >= 15 is 0 Å². The number of aryl methyl sites for hydroxylation is 1. The average Bonchev–Trinajstić information content (AvgIpc) is 3.45. The van der Waals surface area contributed by atoms with Crippen LogP contribution in [-0.4, -0.2) is 44.0 Å². The third-order valence-corrected chi connectivity index (χ3v) is 5.94. The summed E-state index contributed by atoms with van der Waals surface area (Å²) in [6.45, 7) is 1.17. The first-order valence-corrected chi connectivity index (χ1v) is 11.3. The van der Waals surface area contributed by atoms with E-state index in [2.05, 4.69) is 64.1 Å². The van der Waals surface area contributed by atoms with Crippen molar-refractivity contribution in [1.82, 2.24) is 30.7 Å². The van der Waals surface area contributed by atoms with Crippen molar-refractivity contribution >= 4 is 39.6 Å². The largest absolute Gasteiger partial charge is 0.378 e. The summed E-state index contributed by atoms with van der Waals surface area (Å²) >= 11 is 3.41. The highest BCUT2D eigenvalue weighted by Gasteiger charge is 2.27. The van der Waals surface area contributed by atoms with Crippen LogP contribution >= 0.6 is 15.9 Å². The van der Waals surface area contributed by atoms with Gasteiger partial charge < -0.3 is 10.6 Å². The first kappa shape index (κ1) is 21.8. The Morgan fingerprint density at radius 3 is 2.94 bits per heavy atom. The molecule has 2 aromatic heterocycles. The molecular formula is C22H20BrN9O2. The zero-order chi connectivity index (χ0) is 23.5. The first-order valence-electron chi connectivity index (χ1n) is 10.5. The summed E-state index contributed by atoms with van der Waals surface area (Å²) < 4.78 is 7.03. The maximum absolute atomic E-state index is 13.0. The number of hydrogen-bond donors (Lipinski definition) is 2. The Balaban J connectivity index is 1.45. The van der Waals surface area contributed by atoms with Crippen LogP contribution in [0.25, 0.3) is 5.82 Å². The summed E-state index contributed by atoms with van der Waals surface area (Å²) in [4.78, 5) is 15.2. The monoisotopic (exact) mass is 521 g/mol. The van der Waals surface area contributed by atoms with E-state index in [4.69, 9.17) is 10.4 Å². The number of nitrogens with zero attached hydrogens (tertiary/aromatic N) is 7. The van der Waals surface area contributed by atoms with Crippen molar-refractivity contribution in [3.63, 3.8) is 0 Å². The highest BCUT2D eigenvalue weighted by molar-refractivity contribution is 9.10. The van der Waals surface area contributed by atoms with Crippen molar-refractivity contribution in [1.29, 1.82) is 0 Å². The predicted octanol–water partition coefficient (Wildman–Crippen LogP) is 2.71. The van der Waals surface area contributed by atoms with Gasteiger partial charge in [0.05, 0.1) is 18.5 Å². The molecule has 2 aromatic carbocycles. The van der Waals surface area contributed by atoms with Crippen LogP contribution in [0.4, 0.5) is 11.5 Å². The van der Waals surface area contributed by atoms with Gasteiger partial charge in [0.2, 0.25) is 11.6 Å². The van der Waals surface area contributed by atoms with Gasteiger partial charge in [-0.25, -0.2) is 10.1 Å². The van der Waals surface area contributed by atoms with E-state index in [9.17, 15) is 4.79 Å². The summed E-state index contributed by atoms with van der Waals surface area (Å²) in [6.07, 6.45) is 3.54. The molecule has 5 rings (SSSR count). The van der Waals surface area contributed by atoms with Crippen LogP contribution in [0.5, 0.6) is 0 Å². The molecule has 0 unspecified atom stereocenters. The van der Waals surface area contributed by atoms with Gasteiger partial charge in [0.1, 0.15) is 0 Å². The number of amides is 1. The molecule has 0 saturated heterocycles. The number of nitrogens with two attached hydrogens (primary N) is 1. The Kier molecular flexibility index (Phi) is 6.04. The van der Waals surface area contributed by atoms with Crippen LogP contribution in [0.1, 0.15) is 33.7 Å². The molecule has 0 radical (unpaired) electrons. The fourth-order valence-corrected chi connectivity index (χ4v) is 4.31. The van der Waals surface area contributed by atoms with Gasteiger partial charge in [0.25, 0.3) is 5.91 Å². The van der Waals surface area contributed by atoms with Crippen LogP contribution in [0.15, 0.2) is 62.7 Å². The molecule has 4 aromatic rings. The van der Waals surface area contributed by atoms with Crippen LogP contribution < -0.4 is 16.1 Å². The minimum atomic E-state index is -0.507. The second-order valence-electron chi connectivity index (χ2n) is 7.68. The zero-order valence-corrected chi connectivity index (χ0v) is 19.5. The number of carbonyl (C=O) groups is 1. The van der Waals surface area contributed by atoms with Crippen molar-refractivity contribution in [2.24, 2.45) is 5.10 Å². The topological polar surface area (TPSA) is 140 Å². The minimum absolute atomic E-state index is 0.0461. The molecule has 0 atom stereocenters. The van der Waals surface area contributed by atoms with Gasteiger partial charge in [-0.05, 0) is 52.5 Å². The van der Waals surface area contributed by atoms with Crippen LogP contribution in [0, 0.1) is 0 Å². The van der Waals surface area contributed by atoms with Crippen LogP contribution in [0.3, 0.4) is 0 Å². The SMILES string of the molecule is Nc1nonc1-n1nnc(C(=O)N/N=C\c2cccc(Br)c2)c1CN1CCCc2ccccc21. The number of halogens is 1. The van der Waals surface area contributed by atoms with Gasteiger partial charge in [-0.3, -0.25) is 4.79 Å². The van der Waals surface area contributed by atoms with Gasteiger partial charge in [0.15, 0.2) is 5.69 Å². The second-order valence-corrected chi connectivity index (χ2v) is 8.59. The lowest BCUT2D eigenvalue weighted by molar-refractivity contribution is 0.0949. The number of hydrazone groups is 1. The molecule has 0 saturated carbocycles. The molecule has 34 heavy (non-hydrogen) atoms. The number of benzene rings is 2. The molecular weight excluding hydrogens is 502 g/mol. The molecule has 1 aliphatic heterocycles. The van der Waals surface area contributed by atoms with E-state index in [-0.39, 0.29) is 17.3 Å². The van der Waals surface area contributed by atoms with Gasteiger partial charge in [-0.15, -0.1) is 5.10 Å². The Morgan fingerprint density at radius 1 is 1.24 bits per heavy atom. The molecule has 0 aliphatic carbocycles. The summed E-state index contributed by atoms with van der Waals surface area (Å²) in [5.74, 6) is -0.290. The third kappa shape index (κ3) is 4.39. The number of aromatic nitrogens is 5. The lowest BCUT2D eigenvalue weighted by atomic mass is 10.0. The number of carbonyl (C=O) groups excluding carboxylic acids is 1. The Bertz CT molecular complexity index is 1360. The van der Waals surface area contributed by atoms with Gasteiger partial charge in [-0.1, -0.05) is 51.5 Å². The van der Waals surface area contributed by atoms with E-state index < -0.39 is 5.91 Å². The lowest BCUT2D eigenvalue weighted by Crippen LogP contribution is -2.31. The maximum atomic E-state index is 13.0. The predicted molar refractivity (Wildman–Crippen MR) is 129 cm³/mol. The number of nitrogen functional groups attached to an aromatic ring is 1. The molecule has 1 aliphatic rings. The molecule has 0 fully saturated rings. The summed E-state index contributed by atoms with van der Waals surface area (Å²) in [5.41, 5.74) is 12.2. The van der Waals surface area contributed by atoms with E-state index in [0.717, 1.165) is 35.1 Å². The molecule has 1 amide bonds. The highest BCUT2D eigenvalue weighted by atomic mass is 79.9. The van der Waals surface area contributed by atoms with Crippen molar-refractivity contribution < 1.29 is 9.42 Å². The average molecular weight is 522 g/mol. The van der Waals surface area contributed by atoms with E-state index in [0.29, 0.717) is 12.2 Å². The normalized spacial score (nSPS) is 13.3. The molecule has 172 valence electrons. The Labute approximate surface area is 202 Å². The van der Waals surface area contributed by atoms with Gasteiger partial charge in [-0.2, -0.15) is 9.78 Å². The smallest absolute Gasteiger partial charge is 0.293 e.